The summed E-state index contributed by atoms with van der Waals surface area (Å²) in [6, 6.07) is 8.30. The zero-order valence-corrected chi connectivity index (χ0v) is 12.7. The molecular weight excluding hydrogens is 329 g/mol. The fraction of sp³-hybridized carbons (Fsp3) is 0.0714. The van der Waals surface area contributed by atoms with Gasteiger partial charge in [-0.05, 0) is 24.3 Å². The zero-order valence-electron chi connectivity index (χ0n) is 11.2. The number of carbonyl (C=O) groups excluding carboxylic acids is 2. The van der Waals surface area contributed by atoms with Gasteiger partial charge in [0.1, 0.15) is 5.76 Å². The summed E-state index contributed by atoms with van der Waals surface area (Å²) in [5.74, 6) is -1.21. The van der Waals surface area contributed by atoms with Gasteiger partial charge >= 0.3 is 11.8 Å². The Bertz CT molecular complexity index is 679. The van der Waals surface area contributed by atoms with Crippen LogP contribution in [0.15, 0.2) is 46.1 Å². The van der Waals surface area contributed by atoms with Crippen LogP contribution in [0.2, 0.25) is 10.0 Å². The third kappa shape index (κ3) is 4.34. The minimum absolute atomic E-state index is 0.110. The highest BCUT2D eigenvalue weighted by Crippen LogP contribution is 2.21. The molecule has 1 heterocycles. The van der Waals surface area contributed by atoms with Crippen LogP contribution in [0.5, 0.6) is 0 Å². The van der Waals surface area contributed by atoms with E-state index in [1.807, 2.05) is 0 Å². The summed E-state index contributed by atoms with van der Waals surface area (Å²) in [5.41, 5.74) is 2.53. The Labute approximate surface area is 136 Å². The van der Waals surface area contributed by atoms with Crippen LogP contribution in [0.1, 0.15) is 11.3 Å². The van der Waals surface area contributed by atoms with Gasteiger partial charge in [-0.3, -0.25) is 9.59 Å². The lowest BCUT2D eigenvalue weighted by atomic mass is 10.2. The molecule has 0 spiro atoms. The summed E-state index contributed by atoms with van der Waals surface area (Å²) >= 11 is 11.9. The van der Waals surface area contributed by atoms with Crippen LogP contribution in [0, 0.1) is 0 Å². The number of hydrazone groups is 1. The van der Waals surface area contributed by atoms with E-state index < -0.39 is 11.8 Å². The fourth-order valence-corrected chi connectivity index (χ4v) is 2.00. The van der Waals surface area contributed by atoms with Gasteiger partial charge in [0.05, 0.1) is 29.1 Å². The van der Waals surface area contributed by atoms with E-state index in [1.54, 1.807) is 30.3 Å². The molecule has 1 aromatic heterocycles. The van der Waals surface area contributed by atoms with Crippen LogP contribution >= 0.6 is 23.2 Å². The SMILES string of the molecule is O=C(NCc1ccco1)C(=O)N/N=C\c1c(Cl)cccc1Cl. The first-order valence-corrected chi connectivity index (χ1v) is 6.91. The molecule has 0 aliphatic heterocycles. The molecule has 8 heteroatoms. The first-order chi connectivity index (χ1) is 10.6. The molecule has 0 radical (unpaired) electrons. The number of hydrogen-bond donors (Lipinski definition) is 2. The Morgan fingerprint density at radius 3 is 2.50 bits per heavy atom. The van der Waals surface area contributed by atoms with Crippen molar-refractivity contribution < 1.29 is 14.0 Å². The van der Waals surface area contributed by atoms with Gasteiger partial charge in [0.2, 0.25) is 0 Å². The molecule has 0 saturated heterocycles. The van der Waals surface area contributed by atoms with Gasteiger partial charge in [0, 0.05) is 5.56 Å². The van der Waals surface area contributed by atoms with Crippen molar-refractivity contribution in [2.24, 2.45) is 5.10 Å². The Balaban J connectivity index is 1.86. The van der Waals surface area contributed by atoms with E-state index in [2.05, 4.69) is 15.8 Å². The Morgan fingerprint density at radius 1 is 1.14 bits per heavy atom. The van der Waals surface area contributed by atoms with Crippen LogP contribution in [0.25, 0.3) is 0 Å². The second-order valence-electron chi connectivity index (χ2n) is 4.10. The van der Waals surface area contributed by atoms with Gasteiger partial charge in [0.15, 0.2) is 0 Å². The van der Waals surface area contributed by atoms with Crippen molar-refractivity contribution in [3.8, 4) is 0 Å². The van der Waals surface area contributed by atoms with Crippen LogP contribution < -0.4 is 10.7 Å². The summed E-state index contributed by atoms with van der Waals surface area (Å²) in [4.78, 5) is 23.1. The van der Waals surface area contributed by atoms with Gasteiger partial charge in [0.25, 0.3) is 0 Å². The lowest BCUT2D eigenvalue weighted by molar-refractivity contribution is -0.139. The molecule has 2 amide bonds. The number of halogens is 2. The Hall–Kier alpha value is -2.31. The van der Waals surface area contributed by atoms with Crippen LogP contribution in [0.4, 0.5) is 0 Å². The number of nitrogens with one attached hydrogen (secondary N) is 2. The van der Waals surface area contributed by atoms with Crippen molar-refractivity contribution in [1.29, 1.82) is 0 Å². The highest BCUT2D eigenvalue weighted by atomic mass is 35.5. The van der Waals surface area contributed by atoms with E-state index in [4.69, 9.17) is 27.6 Å². The van der Waals surface area contributed by atoms with Gasteiger partial charge in [-0.2, -0.15) is 5.10 Å². The molecule has 0 unspecified atom stereocenters. The fourth-order valence-electron chi connectivity index (χ4n) is 1.50. The molecule has 114 valence electrons. The van der Waals surface area contributed by atoms with E-state index in [1.165, 1.54) is 12.5 Å². The second-order valence-corrected chi connectivity index (χ2v) is 4.91. The average Bonchev–Trinajstić information content (AvgIpc) is 3.01. The maximum Gasteiger partial charge on any atom is 0.329 e. The molecule has 0 atom stereocenters. The van der Waals surface area contributed by atoms with Crippen LogP contribution in [-0.2, 0) is 16.1 Å². The lowest BCUT2D eigenvalue weighted by Crippen LogP contribution is -2.37. The molecule has 0 bridgehead atoms. The van der Waals surface area contributed by atoms with Crippen molar-refractivity contribution in [2.75, 3.05) is 0 Å². The number of hydrogen-bond acceptors (Lipinski definition) is 4. The molecular formula is C14H11Cl2N3O3. The van der Waals surface area contributed by atoms with Crippen molar-refractivity contribution in [1.82, 2.24) is 10.7 Å². The van der Waals surface area contributed by atoms with Gasteiger partial charge in [-0.15, -0.1) is 0 Å². The molecule has 0 aliphatic rings. The maximum atomic E-state index is 11.5. The molecule has 2 rings (SSSR count). The van der Waals surface area contributed by atoms with Crippen molar-refractivity contribution in [2.45, 2.75) is 6.54 Å². The van der Waals surface area contributed by atoms with Gasteiger partial charge in [-0.25, -0.2) is 5.43 Å². The van der Waals surface area contributed by atoms with E-state index >= 15 is 0 Å². The largest absolute Gasteiger partial charge is 0.467 e. The van der Waals surface area contributed by atoms with E-state index in [-0.39, 0.29) is 6.54 Å². The molecule has 0 aliphatic carbocycles. The summed E-state index contributed by atoms with van der Waals surface area (Å²) in [5, 5.41) is 6.80. The van der Waals surface area contributed by atoms with Gasteiger partial charge < -0.3 is 9.73 Å². The van der Waals surface area contributed by atoms with E-state index in [0.717, 1.165) is 0 Å². The number of nitrogens with zero attached hydrogens (tertiary/aromatic N) is 1. The molecule has 6 nitrogen and oxygen atoms in total. The van der Waals surface area contributed by atoms with E-state index in [0.29, 0.717) is 21.4 Å². The average molecular weight is 340 g/mol. The molecule has 1 aromatic carbocycles. The zero-order chi connectivity index (χ0) is 15.9. The molecule has 2 aromatic rings. The quantitative estimate of drug-likeness (QED) is 0.509. The monoisotopic (exact) mass is 339 g/mol. The number of rotatable bonds is 4. The molecule has 0 fully saturated rings. The minimum Gasteiger partial charge on any atom is -0.467 e. The highest BCUT2D eigenvalue weighted by molar-refractivity contribution is 6.38. The Morgan fingerprint density at radius 2 is 1.86 bits per heavy atom. The van der Waals surface area contributed by atoms with Crippen molar-refractivity contribution in [3.05, 3.63) is 58.0 Å². The summed E-state index contributed by atoms with van der Waals surface area (Å²) in [7, 11) is 0. The minimum atomic E-state index is -0.911. The normalized spacial score (nSPS) is 10.6. The number of carbonyl (C=O) groups is 2. The maximum absolute atomic E-state index is 11.5. The predicted molar refractivity (Wildman–Crippen MR) is 82.8 cm³/mol. The lowest BCUT2D eigenvalue weighted by Gasteiger charge is -2.02. The van der Waals surface area contributed by atoms with Crippen LogP contribution in [0.3, 0.4) is 0 Å². The smallest absolute Gasteiger partial charge is 0.329 e. The topological polar surface area (TPSA) is 83.7 Å². The van der Waals surface area contributed by atoms with Gasteiger partial charge in [-0.1, -0.05) is 29.3 Å². The number of furan rings is 1. The predicted octanol–water partition coefficient (Wildman–Crippen LogP) is 2.35. The standard InChI is InChI=1S/C14H11Cl2N3O3/c15-11-4-1-5-12(16)10(11)8-18-19-14(21)13(20)17-7-9-3-2-6-22-9/h1-6,8H,7H2,(H,17,20)(H,19,21)/b18-8-. The number of benzene rings is 1. The third-order valence-corrected chi connectivity index (χ3v) is 3.23. The Kier molecular flexibility index (Phi) is 5.57. The molecule has 2 N–H and O–H groups in total. The van der Waals surface area contributed by atoms with Crippen molar-refractivity contribution >= 4 is 41.2 Å². The van der Waals surface area contributed by atoms with Crippen LogP contribution in [-0.4, -0.2) is 18.0 Å². The second kappa shape index (κ2) is 7.63. The summed E-state index contributed by atoms with van der Waals surface area (Å²) in [6.45, 7) is 0.110. The molecule has 0 saturated carbocycles. The first-order valence-electron chi connectivity index (χ1n) is 6.15. The van der Waals surface area contributed by atoms with E-state index in [9.17, 15) is 9.59 Å². The van der Waals surface area contributed by atoms with Crippen molar-refractivity contribution in [3.63, 3.8) is 0 Å². The molecule has 22 heavy (non-hydrogen) atoms. The highest BCUT2D eigenvalue weighted by Gasteiger charge is 2.12. The first kappa shape index (κ1) is 16.1. The number of amides is 2. The third-order valence-electron chi connectivity index (χ3n) is 2.57. The summed E-state index contributed by atoms with van der Waals surface area (Å²) in [6.07, 6.45) is 2.74. The summed E-state index contributed by atoms with van der Waals surface area (Å²) < 4.78 is 5.02.